The van der Waals surface area contributed by atoms with Crippen LogP contribution in [0.5, 0.6) is 0 Å². The number of ether oxygens (including phenoxy) is 1. The number of hydrogen-bond donors (Lipinski definition) is 1. The maximum absolute atomic E-state index is 5.38. The molecule has 1 aliphatic heterocycles. The Balaban J connectivity index is 2.42. The van der Waals surface area contributed by atoms with Gasteiger partial charge in [-0.25, -0.2) is 0 Å². The van der Waals surface area contributed by atoms with Crippen LogP contribution >= 0.6 is 11.8 Å². The van der Waals surface area contributed by atoms with Crippen LogP contribution in [0.2, 0.25) is 0 Å². The van der Waals surface area contributed by atoms with E-state index in [4.69, 9.17) is 4.74 Å². The third-order valence-corrected chi connectivity index (χ3v) is 3.05. The molecule has 14 heavy (non-hydrogen) atoms. The Hall–Kier alpha value is -0.150. The second-order valence-corrected chi connectivity index (χ2v) is 4.54. The van der Waals surface area contributed by atoms with E-state index in [1.807, 2.05) is 18.0 Å². The Morgan fingerprint density at radius 1 is 1.64 bits per heavy atom. The van der Waals surface area contributed by atoms with Crippen molar-refractivity contribution in [3.05, 3.63) is 11.8 Å². The van der Waals surface area contributed by atoms with Crippen LogP contribution in [-0.2, 0) is 4.74 Å². The van der Waals surface area contributed by atoms with Crippen LogP contribution in [0, 0.1) is 0 Å². The first kappa shape index (κ1) is 11.9. The lowest BCUT2D eigenvalue weighted by molar-refractivity contribution is 0.220. The van der Waals surface area contributed by atoms with Crippen LogP contribution in [0.15, 0.2) is 11.8 Å². The zero-order valence-electron chi connectivity index (χ0n) is 9.21. The lowest BCUT2D eigenvalue weighted by atomic mass is 10.0. The van der Waals surface area contributed by atoms with Gasteiger partial charge in [-0.3, -0.25) is 0 Å². The summed E-state index contributed by atoms with van der Waals surface area (Å²) in [5.74, 6) is 1.15. The fourth-order valence-electron chi connectivity index (χ4n) is 1.62. The van der Waals surface area contributed by atoms with Gasteiger partial charge in [0.2, 0.25) is 0 Å². The highest BCUT2D eigenvalue weighted by Gasteiger charge is 2.15. The quantitative estimate of drug-likeness (QED) is 0.735. The van der Waals surface area contributed by atoms with Crippen molar-refractivity contribution in [1.29, 1.82) is 0 Å². The normalized spacial score (nSPS) is 18.6. The molecule has 1 aliphatic rings. The summed E-state index contributed by atoms with van der Waals surface area (Å²) in [5, 5.41) is 3.57. The number of nitrogens with one attached hydrogen (secondary N) is 1. The van der Waals surface area contributed by atoms with Gasteiger partial charge >= 0.3 is 0 Å². The highest BCUT2D eigenvalue weighted by atomic mass is 32.2. The summed E-state index contributed by atoms with van der Waals surface area (Å²) in [6.07, 6.45) is 7.68. The Bertz CT molecular complexity index is 182. The average Bonchev–Trinajstić information content (AvgIpc) is 2.25. The molecule has 0 saturated heterocycles. The molecule has 1 N–H and O–H groups in total. The summed E-state index contributed by atoms with van der Waals surface area (Å²) >= 11 is 1.89. The molecule has 0 aromatic carbocycles. The summed E-state index contributed by atoms with van der Waals surface area (Å²) in [6.45, 7) is 4.20. The molecule has 0 saturated carbocycles. The summed E-state index contributed by atoms with van der Waals surface area (Å²) in [7, 11) is 0. The SMILES string of the molecule is CCCNC(CSC)C1=COCCC1. The van der Waals surface area contributed by atoms with Gasteiger partial charge in [0.25, 0.3) is 0 Å². The van der Waals surface area contributed by atoms with Gasteiger partial charge in [-0.2, -0.15) is 11.8 Å². The van der Waals surface area contributed by atoms with Gasteiger partial charge in [0.05, 0.1) is 12.9 Å². The van der Waals surface area contributed by atoms with Crippen molar-refractivity contribution in [2.24, 2.45) is 0 Å². The molecule has 0 fully saturated rings. The zero-order valence-corrected chi connectivity index (χ0v) is 10.0. The molecular weight excluding hydrogens is 194 g/mol. The summed E-state index contributed by atoms with van der Waals surface area (Å²) in [4.78, 5) is 0. The van der Waals surface area contributed by atoms with E-state index in [1.165, 1.54) is 24.8 Å². The molecule has 0 spiro atoms. The van der Waals surface area contributed by atoms with E-state index < -0.39 is 0 Å². The van der Waals surface area contributed by atoms with E-state index in [2.05, 4.69) is 18.5 Å². The second-order valence-electron chi connectivity index (χ2n) is 3.63. The first-order valence-electron chi connectivity index (χ1n) is 5.41. The second kappa shape index (κ2) is 7.18. The smallest absolute Gasteiger partial charge is 0.0876 e. The van der Waals surface area contributed by atoms with Crippen molar-refractivity contribution < 1.29 is 4.74 Å². The van der Waals surface area contributed by atoms with Crippen LogP contribution < -0.4 is 5.32 Å². The van der Waals surface area contributed by atoms with Crippen molar-refractivity contribution >= 4 is 11.8 Å². The van der Waals surface area contributed by atoms with Crippen molar-refractivity contribution in [2.45, 2.75) is 32.2 Å². The molecule has 0 radical (unpaired) electrons. The summed E-state index contributed by atoms with van der Waals surface area (Å²) < 4.78 is 5.38. The topological polar surface area (TPSA) is 21.3 Å². The maximum Gasteiger partial charge on any atom is 0.0876 e. The minimum Gasteiger partial charge on any atom is -0.501 e. The molecule has 0 aromatic rings. The third kappa shape index (κ3) is 3.93. The minimum absolute atomic E-state index is 0.519. The Morgan fingerprint density at radius 2 is 2.50 bits per heavy atom. The van der Waals surface area contributed by atoms with Gasteiger partial charge in [-0.1, -0.05) is 6.92 Å². The van der Waals surface area contributed by atoms with Crippen LogP contribution in [0.25, 0.3) is 0 Å². The van der Waals surface area contributed by atoms with E-state index in [9.17, 15) is 0 Å². The van der Waals surface area contributed by atoms with E-state index in [0.29, 0.717) is 6.04 Å². The van der Waals surface area contributed by atoms with E-state index in [1.54, 1.807) is 0 Å². The van der Waals surface area contributed by atoms with Gasteiger partial charge in [-0.05, 0) is 37.6 Å². The molecule has 1 rings (SSSR count). The molecule has 2 nitrogen and oxygen atoms in total. The van der Waals surface area contributed by atoms with Crippen molar-refractivity contribution in [1.82, 2.24) is 5.32 Å². The highest BCUT2D eigenvalue weighted by Crippen LogP contribution is 2.18. The lowest BCUT2D eigenvalue weighted by Gasteiger charge is -2.23. The standard InChI is InChI=1S/C11H21NOS/c1-3-6-12-11(9-14-2)10-5-4-7-13-8-10/h8,11-12H,3-7,9H2,1-2H3. The molecule has 1 atom stereocenters. The third-order valence-electron chi connectivity index (χ3n) is 2.38. The molecule has 0 aliphatic carbocycles. The molecule has 1 heterocycles. The minimum atomic E-state index is 0.519. The predicted molar refractivity (Wildman–Crippen MR) is 63.7 cm³/mol. The molecular formula is C11H21NOS. The first-order chi connectivity index (χ1) is 6.88. The summed E-state index contributed by atoms with van der Waals surface area (Å²) in [5.41, 5.74) is 1.44. The number of hydrogen-bond acceptors (Lipinski definition) is 3. The predicted octanol–water partition coefficient (Wildman–Crippen LogP) is 2.41. The average molecular weight is 215 g/mol. The number of rotatable bonds is 6. The van der Waals surface area contributed by atoms with Gasteiger partial charge < -0.3 is 10.1 Å². The van der Waals surface area contributed by atoms with E-state index in [-0.39, 0.29) is 0 Å². The van der Waals surface area contributed by atoms with Gasteiger partial charge in [0, 0.05) is 11.8 Å². The van der Waals surface area contributed by atoms with Crippen LogP contribution in [0.1, 0.15) is 26.2 Å². The molecule has 0 amide bonds. The summed E-state index contributed by atoms with van der Waals surface area (Å²) in [6, 6.07) is 0.519. The van der Waals surface area contributed by atoms with Crippen LogP contribution in [-0.4, -0.2) is 31.2 Å². The van der Waals surface area contributed by atoms with Crippen molar-refractivity contribution in [2.75, 3.05) is 25.2 Å². The monoisotopic (exact) mass is 215 g/mol. The Morgan fingerprint density at radius 3 is 3.07 bits per heavy atom. The first-order valence-corrected chi connectivity index (χ1v) is 6.80. The van der Waals surface area contributed by atoms with Gasteiger partial charge in [-0.15, -0.1) is 0 Å². The van der Waals surface area contributed by atoms with Crippen LogP contribution in [0.3, 0.4) is 0 Å². The van der Waals surface area contributed by atoms with Gasteiger partial charge in [0.1, 0.15) is 0 Å². The zero-order chi connectivity index (χ0) is 10.2. The van der Waals surface area contributed by atoms with E-state index >= 15 is 0 Å². The fraction of sp³-hybridized carbons (Fsp3) is 0.818. The number of thioether (sulfide) groups is 1. The Labute approximate surface area is 91.5 Å². The molecule has 82 valence electrons. The van der Waals surface area contributed by atoms with E-state index in [0.717, 1.165) is 18.9 Å². The Kier molecular flexibility index (Phi) is 6.12. The molecule has 0 aromatic heterocycles. The maximum atomic E-state index is 5.38. The fourth-order valence-corrected chi connectivity index (χ4v) is 2.29. The van der Waals surface area contributed by atoms with Crippen LogP contribution in [0.4, 0.5) is 0 Å². The van der Waals surface area contributed by atoms with Crippen molar-refractivity contribution in [3.63, 3.8) is 0 Å². The molecule has 3 heteroatoms. The lowest BCUT2D eigenvalue weighted by Crippen LogP contribution is -2.34. The molecule has 0 bridgehead atoms. The van der Waals surface area contributed by atoms with Crippen molar-refractivity contribution in [3.8, 4) is 0 Å². The molecule has 1 unspecified atom stereocenters. The van der Waals surface area contributed by atoms with Gasteiger partial charge in [0.15, 0.2) is 0 Å². The largest absolute Gasteiger partial charge is 0.501 e. The highest BCUT2D eigenvalue weighted by molar-refractivity contribution is 7.98.